The van der Waals surface area contributed by atoms with Crippen molar-refractivity contribution < 1.29 is 9.18 Å². The predicted octanol–water partition coefficient (Wildman–Crippen LogP) is 2.75. The molecule has 0 aromatic carbocycles. The number of hydrogen-bond acceptors (Lipinski definition) is 7. The van der Waals surface area contributed by atoms with E-state index in [1.165, 1.54) is 6.07 Å². The van der Waals surface area contributed by atoms with Gasteiger partial charge in [-0.05, 0) is 50.1 Å². The molecule has 31 heavy (non-hydrogen) atoms. The molecule has 1 aliphatic heterocycles. The third-order valence-electron chi connectivity index (χ3n) is 5.25. The van der Waals surface area contributed by atoms with E-state index in [1.807, 2.05) is 6.07 Å². The molecule has 0 radical (unpaired) electrons. The SMILES string of the molecule is Cc1ccc(-c2ccc(N)c(C(=O)Nc3cnccc3N3CCC[C@H](N)C3)n2)c(F)n1. The highest BCUT2D eigenvalue weighted by atomic mass is 19.1. The van der Waals surface area contributed by atoms with Gasteiger partial charge in [0.25, 0.3) is 5.91 Å². The van der Waals surface area contributed by atoms with Crippen LogP contribution in [-0.4, -0.2) is 40.0 Å². The molecule has 3 aromatic heterocycles. The number of nitrogens with two attached hydrogens (primary N) is 2. The lowest BCUT2D eigenvalue weighted by Gasteiger charge is -2.33. The van der Waals surface area contributed by atoms with Crippen LogP contribution in [0, 0.1) is 12.9 Å². The Hall–Kier alpha value is -3.59. The van der Waals surface area contributed by atoms with Crippen LogP contribution in [0.25, 0.3) is 11.3 Å². The fourth-order valence-electron chi connectivity index (χ4n) is 3.69. The Kier molecular flexibility index (Phi) is 5.77. The van der Waals surface area contributed by atoms with Gasteiger partial charge in [0.1, 0.15) is 0 Å². The van der Waals surface area contributed by atoms with Crippen molar-refractivity contribution in [1.29, 1.82) is 0 Å². The summed E-state index contributed by atoms with van der Waals surface area (Å²) in [7, 11) is 0. The molecule has 4 rings (SSSR count). The second-order valence-electron chi connectivity index (χ2n) is 7.62. The lowest BCUT2D eigenvalue weighted by Crippen LogP contribution is -2.43. The second-order valence-corrected chi connectivity index (χ2v) is 7.62. The van der Waals surface area contributed by atoms with Crippen molar-refractivity contribution >= 4 is 23.0 Å². The van der Waals surface area contributed by atoms with E-state index in [0.717, 1.165) is 25.1 Å². The molecule has 0 bridgehead atoms. The number of aryl methyl sites for hydroxylation is 1. The Morgan fingerprint density at radius 1 is 1.23 bits per heavy atom. The summed E-state index contributed by atoms with van der Waals surface area (Å²) in [4.78, 5) is 27.4. The molecule has 1 amide bonds. The van der Waals surface area contributed by atoms with Crippen LogP contribution in [0.4, 0.5) is 21.5 Å². The smallest absolute Gasteiger partial charge is 0.276 e. The fraction of sp³-hybridized carbons (Fsp3) is 0.273. The van der Waals surface area contributed by atoms with Gasteiger partial charge in [-0.3, -0.25) is 9.78 Å². The van der Waals surface area contributed by atoms with Crippen molar-refractivity contribution in [1.82, 2.24) is 15.0 Å². The zero-order valence-electron chi connectivity index (χ0n) is 17.2. The molecule has 1 atom stereocenters. The van der Waals surface area contributed by atoms with Crippen LogP contribution in [0.2, 0.25) is 0 Å². The van der Waals surface area contributed by atoms with E-state index in [4.69, 9.17) is 11.5 Å². The summed E-state index contributed by atoms with van der Waals surface area (Å²) in [6.45, 7) is 3.24. The number of piperidine rings is 1. The van der Waals surface area contributed by atoms with E-state index in [0.29, 0.717) is 17.9 Å². The largest absolute Gasteiger partial charge is 0.397 e. The molecule has 3 aromatic rings. The molecule has 160 valence electrons. The first-order valence-electron chi connectivity index (χ1n) is 10.1. The molecule has 1 fully saturated rings. The van der Waals surface area contributed by atoms with E-state index in [1.54, 1.807) is 37.5 Å². The summed E-state index contributed by atoms with van der Waals surface area (Å²) in [5.74, 6) is -1.16. The number of carbonyl (C=O) groups is 1. The third kappa shape index (κ3) is 4.46. The Morgan fingerprint density at radius 2 is 2.06 bits per heavy atom. The summed E-state index contributed by atoms with van der Waals surface area (Å²) < 4.78 is 14.3. The topological polar surface area (TPSA) is 123 Å². The van der Waals surface area contributed by atoms with Crippen LogP contribution < -0.4 is 21.7 Å². The Morgan fingerprint density at radius 3 is 2.84 bits per heavy atom. The Balaban J connectivity index is 1.63. The van der Waals surface area contributed by atoms with E-state index in [2.05, 4.69) is 25.2 Å². The molecule has 0 spiro atoms. The maximum atomic E-state index is 14.3. The van der Waals surface area contributed by atoms with Crippen molar-refractivity contribution in [2.24, 2.45) is 5.73 Å². The number of nitrogens with one attached hydrogen (secondary N) is 1. The Bertz CT molecular complexity index is 1120. The van der Waals surface area contributed by atoms with Gasteiger partial charge in [-0.2, -0.15) is 4.39 Å². The first-order chi connectivity index (χ1) is 14.9. The number of pyridine rings is 3. The van der Waals surface area contributed by atoms with Gasteiger partial charge in [-0.25, -0.2) is 9.97 Å². The predicted molar refractivity (Wildman–Crippen MR) is 118 cm³/mol. The van der Waals surface area contributed by atoms with Crippen molar-refractivity contribution in [2.75, 3.05) is 29.0 Å². The molecule has 0 unspecified atom stereocenters. The number of aromatic nitrogens is 3. The van der Waals surface area contributed by atoms with Gasteiger partial charge in [0.15, 0.2) is 5.69 Å². The number of amides is 1. The second kappa shape index (κ2) is 8.65. The van der Waals surface area contributed by atoms with E-state index in [9.17, 15) is 9.18 Å². The minimum Gasteiger partial charge on any atom is -0.397 e. The third-order valence-corrected chi connectivity index (χ3v) is 5.25. The molecular weight excluding hydrogens is 397 g/mol. The van der Waals surface area contributed by atoms with Gasteiger partial charge in [0, 0.05) is 31.0 Å². The van der Waals surface area contributed by atoms with Gasteiger partial charge < -0.3 is 21.7 Å². The normalized spacial score (nSPS) is 16.2. The maximum Gasteiger partial charge on any atom is 0.276 e. The molecule has 8 nitrogen and oxygen atoms in total. The van der Waals surface area contributed by atoms with Gasteiger partial charge >= 0.3 is 0 Å². The van der Waals surface area contributed by atoms with Gasteiger partial charge in [-0.15, -0.1) is 0 Å². The molecule has 4 heterocycles. The molecule has 0 aliphatic carbocycles. The first kappa shape index (κ1) is 20.7. The van der Waals surface area contributed by atoms with Crippen LogP contribution in [0.5, 0.6) is 0 Å². The number of rotatable bonds is 4. The number of anilines is 3. The molecular formula is C22H24FN7O. The zero-order valence-corrected chi connectivity index (χ0v) is 17.2. The highest BCUT2D eigenvalue weighted by Gasteiger charge is 2.22. The van der Waals surface area contributed by atoms with E-state index in [-0.39, 0.29) is 28.7 Å². The quantitative estimate of drug-likeness (QED) is 0.554. The molecule has 1 saturated heterocycles. The Labute approximate surface area is 179 Å². The van der Waals surface area contributed by atoms with Crippen LogP contribution in [-0.2, 0) is 0 Å². The number of hydrogen-bond donors (Lipinski definition) is 3. The summed E-state index contributed by atoms with van der Waals surface area (Å²) in [6, 6.07) is 8.28. The summed E-state index contributed by atoms with van der Waals surface area (Å²) in [5, 5.41) is 2.85. The van der Waals surface area contributed by atoms with Crippen LogP contribution in [0.3, 0.4) is 0 Å². The number of halogens is 1. The minimum absolute atomic E-state index is 0.00243. The average Bonchev–Trinajstić information content (AvgIpc) is 2.75. The lowest BCUT2D eigenvalue weighted by atomic mass is 10.1. The van der Waals surface area contributed by atoms with Gasteiger partial charge in [0.2, 0.25) is 5.95 Å². The maximum absolute atomic E-state index is 14.3. The first-order valence-corrected chi connectivity index (χ1v) is 10.1. The van der Waals surface area contributed by atoms with E-state index >= 15 is 0 Å². The van der Waals surface area contributed by atoms with Crippen molar-refractivity contribution in [3.63, 3.8) is 0 Å². The monoisotopic (exact) mass is 421 g/mol. The van der Waals surface area contributed by atoms with Gasteiger partial charge in [-0.1, -0.05) is 0 Å². The van der Waals surface area contributed by atoms with Crippen LogP contribution in [0.1, 0.15) is 29.0 Å². The molecule has 1 aliphatic rings. The molecule has 0 saturated carbocycles. The standard InChI is InChI=1S/C22H24FN7O/c1-13-4-5-15(21(23)27-13)17-7-6-16(25)20(28-17)22(31)29-18-11-26-9-8-19(18)30-10-2-3-14(24)12-30/h4-9,11,14H,2-3,10,12,24-25H2,1H3,(H,29,31)/t14-/m0/s1. The zero-order chi connectivity index (χ0) is 22.0. The number of carbonyl (C=O) groups excluding carboxylic acids is 1. The van der Waals surface area contributed by atoms with Crippen molar-refractivity contribution in [2.45, 2.75) is 25.8 Å². The fourth-order valence-corrected chi connectivity index (χ4v) is 3.69. The molecule has 9 heteroatoms. The average molecular weight is 421 g/mol. The summed E-state index contributed by atoms with van der Waals surface area (Å²) >= 11 is 0. The van der Waals surface area contributed by atoms with Crippen LogP contribution >= 0.6 is 0 Å². The highest BCUT2D eigenvalue weighted by molar-refractivity contribution is 6.07. The van der Waals surface area contributed by atoms with Gasteiger partial charge in [0.05, 0.1) is 34.5 Å². The lowest BCUT2D eigenvalue weighted by molar-refractivity contribution is 0.102. The molecule has 5 N–H and O–H groups in total. The van der Waals surface area contributed by atoms with Crippen molar-refractivity contribution in [3.8, 4) is 11.3 Å². The summed E-state index contributed by atoms with van der Waals surface area (Å²) in [5.41, 5.74) is 14.7. The summed E-state index contributed by atoms with van der Waals surface area (Å²) in [6.07, 6.45) is 5.20. The highest BCUT2D eigenvalue weighted by Crippen LogP contribution is 2.28. The van der Waals surface area contributed by atoms with Crippen LogP contribution in [0.15, 0.2) is 42.7 Å². The number of nitrogen functional groups attached to an aromatic ring is 1. The number of nitrogens with zero attached hydrogens (tertiary/aromatic N) is 4. The van der Waals surface area contributed by atoms with Crippen molar-refractivity contribution in [3.05, 3.63) is 60.1 Å². The minimum atomic E-state index is -0.653. The van der Waals surface area contributed by atoms with E-state index < -0.39 is 11.9 Å².